The lowest BCUT2D eigenvalue weighted by atomic mass is 10.2. The molecule has 1 fully saturated rings. The van der Waals surface area contributed by atoms with Gasteiger partial charge in [0.15, 0.2) is 0 Å². The van der Waals surface area contributed by atoms with Gasteiger partial charge in [0.25, 0.3) is 0 Å². The molecule has 1 N–H and O–H groups in total. The van der Waals surface area contributed by atoms with Crippen molar-refractivity contribution < 1.29 is 9.53 Å². The second kappa shape index (κ2) is 10.5. The lowest BCUT2D eigenvalue weighted by molar-refractivity contribution is -0.117. The molecule has 0 spiro atoms. The van der Waals surface area contributed by atoms with Gasteiger partial charge >= 0.3 is 0 Å². The SMILES string of the molecule is CCOc1ccc(NC(=O)CN2CCN(Cc3nc(-c4ccccc4)cs3)CC2)cc1. The van der Waals surface area contributed by atoms with E-state index in [1.165, 1.54) is 0 Å². The fourth-order valence-electron chi connectivity index (χ4n) is 3.63. The third-order valence-electron chi connectivity index (χ3n) is 5.26. The molecule has 31 heavy (non-hydrogen) atoms. The fourth-order valence-corrected chi connectivity index (χ4v) is 4.47. The van der Waals surface area contributed by atoms with Crippen molar-refractivity contribution in [2.24, 2.45) is 0 Å². The van der Waals surface area contributed by atoms with Gasteiger partial charge in [-0.05, 0) is 31.2 Å². The van der Waals surface area contributed by atoms with Crippen molar-refractivity contribution in [2.75, 3.05) is 44.6 Å². The minimum atomic E-state index is 0.0186. The minimum Gasteiger partial charge on any atom is -0.494 e. The summed E-state index contributed by atoms with van der Waals surface area (Å²) in [5, 5.41) is 6.24. The van der Waals surface area contributed by atoms with Gasteiger partial charge in [-0.15, -0.1) is 11.3 Å². The molecule has 0 aliphatic carbocycles. The Morgan fingerprint density at radius 1 is 1.03 bits per heavy atom. The summed E-state index contributed by atoms with van der Waals surface area (Å²) in [4.78, 5) is 21.8. The number of hydrogen-bond acceptors (Lipinski definition) is 6. The molecule has 1 saturated heterocycles. The minimum absolute atomic E-state index is 0.0186. The summed E-state index contributed by atoms with van der Waals surface area (Å²) < 4.78 is 5.43. The Kier molecular flexibility index (Phi) is 7.30. The first-order chi connectivity index (χ1) is 15.2. The van der Waals surface area contributed by atoms with Crippen LogP contribution < -0.4 is 10.1 Å². The van der Waals surface area contributed by atoms with Gasteiger partial charge in [-0.1, -0.05) is 30.3 Å². The first-order valence-corrected chi connectivity index (χ1v) is 11.5. The Bertz CT molecular complexity index is 967. The average Bonchev–Trinajstić information content (AvgIpc) is 3.26. The number of ether oxygens (including phenoxy) is 1. The first kappa shape index (κ1) is 21.5. The van der Waals surface area contributed by atoms with E-state index in [0.29, 0.717) is 13.2 Å². The van der Waals surface area contributed by atoms with Crippen molar-refractivity contribution >= 4 is 22.9 Å². The molecule has 162 valence electrons. The van der Waals surface area contributed by atoms with Crippen LogP contribution in [-0.4, -0.2) is 60.0 Å². The van der Waals surface area contributed by atoms with Crippen molar-refractivity contribution in [3.63, 3.8) is 0 Å². The monoisotopic (exact) mass is 436 g/mol. The van der Waals surface area contributed by atoms with E-state index in [1.807, 2.05) is 49.4 Å². The molecule has 1 aromatic heterocycles. The summed E-state index contributed by atoms with van der Waals surface area (Å²) in [6.45, 7) is 7.51. The van der Waals surface area contributed by atoms with Crippen LogP contribution in [0.3, 0.4) is 0 Å². The number of hydrogen-bond donors (Lipinski definition) is 1. The van der Waals surface area contributed by atoms with Gasteiger partial charge in [-0.25, -0.2) is 4.98 Å². The zero-order chi connectivity index (χ0) is 21.5. The molecule has 3 aromatic rings. The normalized spacial score (nSPS) is 15.0. The van der Waals surface area contributed by atoms with Crippen molar-refractivity contribution in [3.8, 4) is 17.0 Å². The third-order valence-corrected chi connectivity index (χ3v) is 6.09. The van der Waals surface area contributed by atoms with Crippen LogP contribution in [0.25, 0.3) is 11.3 Å². The van der Waals surface area contributed by atoms with E-state index >= 15 is 0 Å². The lowest BCUT2D eigenvalue weighted by Gasteiger charge is -2.33. The molecule has 6 nitrogen and oxygen atoms in total. The molecule has 1 aliphatic rings. The Balaban J connectivity index is 1.21. The zero-order valence-electron chi connectivity index (χ0n) is 17.8. The van der Waals surface area contributed by atoms with Gasteiger partial charge in [-0.2, -0.15) is 0 Å². The van der Waals surface area contributed by atoms with Gasteiger partial charge in [0.2, 0.25) is 5.91 Å². The summed E-state index contributed by atoms with van der Waals surface area (Å²) in [6, 6.07) is 17.8. The molecular weight excluding hydrogens is 408 g/mol. The van der Waals surface area contributed by atoms with Gasteiger partial charge in [0.05, 0.1) is 25.4 Å². The Morgan fingerprint density at radius 2 is 1.74 bits per heavy atom. The topological polar surface area (TPSA) is 57.7 Å². The van der Waals surface area contributed by atoms with E-state index in [9.17, 15) is 4.79 Å². The van der Waals surface area contributed by atoms with E-state index in [2.05, 4.69) is 32.6 Å². The number of benzene rings is 2. The summed E-state index contributed by atoms with van der Waals surface area (Å²) in [6.07, 6.45) is 0. The van der Waals surface area contributed by atoms with E-state index in [1.54, 1.807) is 11.3 Å². The number of nitrogens with one attached hydrogen (secondary N) is 1. The van der Waals surface area contributed by atoms with E-state index in [-0.39, 0.29) is 5.91 Å². The van der Waals surface area contributed by atoms with E-state index in [4.69, 9.17) is 9.72 Å². The number of anilines is 1. The van der Waals surface area contributed by atoms with Gasteiger partial charge in [0, 0.05) is 42.8 Å². The molecule has 7 heteroatoms. The standard InChI is InChI=1S/C24H28N4O2S/c1-2-30-21-10-8-20(9-11-21)25-23(29)16-27-12-14-28(15-13-27)17-24-26-22(18-31-24)19-6-4-3-5-7-19/h3-11,18H,2,12-17H2,1H3,(H,25,29). The van der Waals surface area contributed by atoms with Crippen LogP contribution in [0, 0.1) is 0 Å². The fraction of sp³-hybridized carbons (Fsp3) is 0.333. The number of piperazine rings is 1. The number of rotatable bonds is 8. The predicted octanol–water partition coefficient (Wildman–Crippen LogP) is 3.97. The second-order valence-corrected chi connectivity index (χ2v) is 8.49. The second-order valence-electron chi connectivity index (χ2n) is 7.55. The van der Waals surface area contributed by atoms with Crippen LogP contribution in [-0.2, 0) is 11.3 Å². The highest BCUT2D eigenvalue weighted by Gasteiger charge is 2.20. The van der Waals surface area contributed by atoms with Gasteiger partial charge in [-0.3, -0.25) is 14.6 Å². The lowest BCUT2D eigenvalue weighted by Crippen LogP contribution is -2.48. The number of thiazole rings is 1. The van der Waals surface area contributed by atoms with Crippen LogP contribution in [0.5, 0.6) is 5.75 Å². The van der Waals surface area contributed by atoms with Gasteiger partial charge < -0.3 is 10.1 Å². The molecule has 0 bridgehead atoms. The predicted molar refractivity (Wildman–Crippen MR) is 126 cm³/mol. The summed E-state index contributed by atoms with van der Waals surface area (Å²) in [5.74, 6) is 0.831. The molecular formula is C24H28N4O2S. The number of aromatic nitrogens is 1. The quantitative estimate of drug-likeness (QED) is 0.579. The van der Waals surface area contributed by atoms with Crippen LogP contribution >= 0.6 is 11.3 Å². The Labute approximate surface area is 187 Å². The van der Waals surface area contributed by atoms with Gasteiger partial charge in [0.1, 0.15) is 10.8 Å². The van der Waals surface area contributed by atoms with Crippen LogP contribution in [0.1, 0.15) is 11.9 Å². The van der Waals surface area contributed by atoms with Crippen molar-refractivity contribution in [1.29, 1.82) is 0 Å². The molecule has 0 unspecified atom stereocenters. The van der Waals surface area contributed by atoms with E-state index < -0.39 is 0 Å². The molecule has 1 amide bonds. The first-order valence-electron chi connectivity index (χ1n) is 10.7. The molecule has 2 aromatic carbocycles. The molecule has 0 atom stereocenters. The highest BCUT2D eigenvalue weighted by molar-refractivity contribution is 7.09. The maximum atomic E-state index is 12.4. The average molecular weight is 437 g/mol. The number of amides is 1. The largest absolute Gasteiger partial charge is 0.494 e. The van der Waals surface area contributed by atoms with Crippen molar-refractivity contribution in [3.05, 3.63) is 65.0 Å². The number of carbonyl (C=O) groups is 1. The maximum Gasteiger partial charge on any atom is 0.238 e. The Morgan fingerprint density at radius 3 is 2.45 bits per heavy atom. The molecule has 4 rings (SSSR count). The summed E-state index contributed by atoms with van der Waals surface area (Å²) in [5.41, 5.74) is 3.00. The zero-order valence-corrected chi connectivity index (χ0v) is 18.6. The van der Waals surface area contributed by atoms with Crippen LogP contribution in [0.15, 0.2) is 60.0 Å². The molecule has 2 heterocycles. The maximum absolute atomic E-state index is 12.4. The smallest absolute Gasteiger partial charge is 0.238 e. The van der Waals surface area contributed by atoms with Crippen LogP contribution in [0.2, 0.25) is 0 Å². The number of carbonyl (C=O) groups excluding carboxylic acids is 1. The van der Waals surface area contributed by atoms with Crippen LogP contribution in [0.4, 0.5) is 5.69 Å². The number of nitrogens with zero attached hydrogens (tertiary/aromatic N) is 3. The Hall–Kier alpha value is -2.74. The van der Waals surface area contributed by atoms with E-state index in [0.717, 1.165) is 60.4 Å². The highest BCUT2D eigenvalue weighted by atomic mass is 32.1. The highest BCUT2D eigenvalue weighted by Crippen LogP contribution is 2.22. The summed E-state index contributed by atoms with van der Waals surface area (Å²) >= 11 is 1.72. The molecule has 0 saturated carbocycles. The third kappa shape index (κ3) is 6.13. The summed E-state index contributed by atoms with van der Waals surface area (Å²) in [7, 11) is 0. The molecule has 1 aliphatic heterocycles. The van der Waals surface area contributed by atoms with Crippen molar-refractivity contribution in [1.82, 2.24) is 14.8 Å². The van der Waals surface area contributed by atoms with Crippen molar-refractivity contribution in [2.45, 2.75) is 13.5 Å². The molecule has 0 radical (unpaired) electrons.